The third-order valence-corrected chi connectivity index (χ3v) is 31.1. The van der Waals surface area contributed by atoms with Gasteiger partial charge in [-0.1, -0.05) is 376 Å². The highest BCUT2D eigenvalue weighted by Crippen LogP contribution is 2.55. The van der Waals surface area contributed by atoms with E-state index in [1.165, 1.54) is 283 Å². The summed E-state index contributed by atoms with van der Waals surface area (Å²) in [7, 11) is 0. The molecule has 2 aliphatic rings. The van der Waals surface area contributed by atoms with E-state index in [1.54, 1.807) is 0 Å². The number of aromatic nitrogens is 6. The molecule has 0 fully saturated rings. The molecule has 33 rings (SSSR count). The number of hydrogen-bond donors (Lipinski definition) is 0. The molecule has 6 heteroatoms. The average Bonchev–Trinajstić information content (AvgIpc) is 1.60. The third kappa shape index (κ3) is 12.9. The topological polar surface area (TPSA) is 61.4 Å². The maximum atomic E-state index is 4.59. The fraction of sp³-hybridized carbons (Fsp3) is 0. The molecule has 0 amide bonds. The second-order valence-corrected chi connectivity index (χ2v) is 38.7. The fourth-order valence-electron chi connectivity index (χ4n) is 24.7. The Labute approximate surface area is 839 Å². The Kier molecular flexibility index (Phi) is 18.7. The quantitative estimate of drug-likeness (QED) is 0.123. The molecule has 0 bridgehead atoms. The molecule has 0 unspecified atom stereocenters. The van der Waals surface area contributed by atoms with E-state index in [-0.39, 0.29) is 0 Å². The van der Waals surface area contributed by atoms with Crippen LogP contribution in [0.3, 0.4) is 0 Å². The van der Waals surface area contributed by atoms with Gasteiger partial charge in [-0.25, -0.2) is 19.9 Å². The Balaban J connectivity index is 0.0000000909. The Morgan fingerprint density at radius 1 is 0.123 bits per heavy atom. The van der Waals surface area contributed by atoms with E-state index in [0.717, 1.165) is 22.8 Å². The van der Waals surface area contributed by atoms with Crippen LogP contribution in [0.5, 0.6) is 0 Å². The van der Waals surface area contributed by atoms with Gasteiger partial charge < -0.3 is 9.13 Å². The molecule has 0 spiro atoms. The van der Waals surface area contributed by atoms with Gasteiger partial charge in [-0.2, -0.15) is 0 Å². The minimum atomic E-state index is 0.757. The van der Waals surface area contributed by atoms with Crippen LogP contribution in [0.1, 0.15) is 0 Å². The number of benzene rings is 27. The molecule has 0 saturated carbocycles. The van der Waals surface area contributed by atoms with Crippen molar-refractivity contribution in [2.24, 2.45) is 0 Å². The van der Waals surface area contributed by atoms with Crippen LogP contribution >= 0.6 is 0 Å². The fourth-order valence-corrected chi connectivity index (χ4v) is 24.7. The third-order valence-electron chi connectivity index (χ3n) is 31.1. The van der Waals surface area contributed by atoms with Crippen molar-refractivity contribution in [2.45, 2.75) is 0 Å². The van der Waals surface area contributed by atoms with Crippen molar-refractivity contribution in [2.75, 3.05) is 0 Å². The van der Waals surface area contributed by atoms with E-state index in [0.29, 0.717) is 0 Å². The Bertz CT molecular complexity index is 10900. The molecule has 0 atom stereocenters. The first-order valence-corrected chi connectivity index (χ1v) is 50.2. The summed E-state index contributed by atoms with van der Waals surface area (Å²) >= 11 is 0. The summed E-state index contributed by atoms with van der Waals surface area (Å²) in [5.41, 5.74) is 25.0. The molecule has 674 valence electrons. The number of rotatable bonds is 6. The summed E-state index contributed by atoms with van der Waals surface area (Å²) in [5.74, 6) is 1.51. The number of nitrogens with zero attached hydrogens (tertiary/aromatic N) is 6. The minimum absolute atomic E-state index is 0.757. The van der Waals surface area contributed by atoms with Crippen LogP contribution in [0.4, 0.5) is 0 Å². The second kappa shape index (κ2) is 33.1. The van der Waals surface area contributed by atoms with Gasteiger partial charge in [-0.05, 0) is 338 Å². The Morgan fingerprint density at radius 2 is 0.425 bits per heavy atom. The molecule has 4 aromatic heterocycles. The van der Waals surface area contributed by atoms with Crippen LogP contribution in [0, 0.1) is 0 Å². The van der Waals surface area contributed by atoms with Crippen LogP contribution in [-0.2, 0) is 0 Å². The van der Waals surface area contributed by atoms with Crippen molar-refractivity contribution in [1.29, 1.82) is 0 Å². The normalized spacial score (nSPS) is 12.0. The summed E-state index contributed by atoms with van der Waals surface area (Å²) in [6.07, 6.45) is 7.25. The lowest BCUT2D eigenvalue weighted by molar-refractivity contribution is 1.18. The van der Waals surface area contributed by atoms with Gasteiger partial charge >= 0.3 is 0 Å². The monoisotopic (exact) mass is 1850 g/mol. The summed E-state index contributed by atoms with van der Waals surface area (Å²) in [5, 5.41) is 43.6. The van der Waals surface area contributed by atoms with E-state index >= 15 is 0 Å². The molecule has 146 heavy (non-hydrogen) atoms. The van der Waals surface area contributed by atoms with Gasteiger partial charge in [0.2, 0.25) is 0 Å². The molecule has 0 N–H and O–H groups in total. The van der Waals surface area contributed by atoms with Gasteiger partial charge in [0.25, 0.3) is 0 Å². The standard InChI is InChI=1S/C42H25N.C38H23N.2C30H18N2/c1-2-12-30-26(9-1)19-21-32-36-16-8-15-35-31-22-20-28(24-37(31)39(42(35)36)25-38(30)32)27-10-7-11-29(23-27)43-40-17-5-3-13-33(40)34-14-4-6-18-41(34)43;1-2-12-28-26(9-1)23-35-34-22-25(19-20-29(34)33-16-8-15-32(28)38(33)35)24-10-7-11-27(21-24)39-36-17-5-3-13-30(36)31-14-4-6-18-37(31)39;1-2-9-20-19(8-1)14-15-25-21-10-3-4-11-22(21)26-18-27(30-31-16-7-17-32-30)23-12-5-6-13-24(23)29(26)28(20)25;1-2-9-20-17-26-25(16-19(20)8-1)21-10-3-4-11-22(21)27-18-28(30-31-14-7-15-32-30)23-12-5-6-13-24(23)29(26)27/h1-25H;1-23H;2*1-18H. The van der Waals surface area contributed by atoms with Crippen LogP contribution in [0.15, 0.2) is 510 Å². The largest absolute Gasteiger partial charge is 0.309 e. The summed E-state index contributed by atoms with van der Waals surface area (Å²) < 4.78 is 4.79. The van der Waals surface area contributed by atoms with Crippen molar-refractivity contribution in [3.8, 4) is 101 Å². The van der Waals surface area contributed by atoms with Crippen molar-refractivity contribution >= 4 is 205 Å². The first-order chi connectivity index (χ1) is 72.5. The highest BCUT2D eigenvalue weighted by Gasteiger charge is 2.29. The van der Waals surface area contributed by atoms with Gasteiger partial charge in [0.1, 0.15) is 0 Å². The number of hydrogen-bond acceptors (Lipinski definition) is 4. The summed E-state index contributed by atoms with van der Waals surface area (Å²) in [4.78, 5) is 18.3. The van der Waals surface area contributed by atoms with E-state index in [9.17, 15) is 0 Å². The zero-order chi connectivity index (χ0) is 95.7. The lowest BCUT2D eigenvalue weighted by Gasteiger charge is -2.17. The van der Waals surface area contributed by atoms with Crippen LogP contribution in [0.2, 0.25) is 0 Å². The van der Waals surface area contributed by atoms with Crippen molar-refractivity contribution in [3.05, 3.63) is 510 Å². The molecular formula is C140H84N6. The average molecular weight is 1850 g/mol. The summed E-state index contributed by atoms with van der Waals surface area (Å²) in [6, 6.07) is 177. The molecule has 0 aliphatic heterocycles. The van der Waals surface area contributed by atoms with Gasteiger partial charge in [0, 0.05) is 68.8 Å². The van der Waals surface area contributed by atoms with E-state index < -0.39 is 0 Å². The van der Waals surface area contributed by atoms with Crippen LogP contribution in [-0.4, -0.2) is 29.1 Å². The highest BCUT2D eigenvalue weighted by atomic mass is 15.0. The predicted molar refractivity (Wildman–Crippen MR) is 619 cm³/mol. The number of para-hydroxylation sites is 4. The highest BCUT2D eigenvalue weighted by molar-refractivity contribution is 6.39. The predicted octanol–water partition coefficient (Wildman–Crippen LogP) is 37.8. The first-order valence-electron chi connectivity index (χ1n) is 50.2. The minimum Gasteiger partial charge on any atom is -0.309 e. The molecule has 27 aromatic carbocycles. The van der Waals surface area contributed by atoms with E-state index in [4.69, 9.17) is 0 Å². The zero-order valence-corrected chi connectivity index (χ0v) is 79.2. The molecule has 2 aliphatic carbocycles. The lowest BCUT2D eigenvalue weighted by Crippen LogP contribution is -1.94. The van der Waals surface area contributed by atoms with Gasteiger partial charge in [0.15, 0.2) is 11.6 Å². The lowest BCUT2D eigenvalue weighted by atomic mass is 9.87. The first kappa shape index (κ1) is 82.5. The van der Waals surface area contributed by atoms with Gasteiger partial charge in [0.05, 0.1) is 22.1 Å². The van der Waals surface area contributed by atoms with Crippen molar-refractivity contribution in [3.63, 3.8) is 0 Å². The Hall–Kier alpha value is -19.4. The maximum absolute atomic E-state index is 4.59. The van der Waals surface area contributed by atoms with E-state index in [1.807, 2.05) is 36.9 Å². The van der Waals surface area contributed by atoms with Crippen molar-refractivity contribution < 1.29 is 0 Å². The molecule has 0 radical (unpaired) electrons. The second-order valence-electron chi connectivity index (χ2n) is 38.7. The SMILES string of the molecule is c1cc(-c2ccc3c(c2)-c2cc4c5ccccc5ccc4c4cccc-3c24)cc(-n2c3ccccc3c3ccccc32)c1.c1cc(-c2ccc3c(c2)-c2cc4ccccc4c4cccc-3c24)cc(-n2c3ccccc3c3ccccc32)c1.c1cnc(-c2cc3c4ccccc4c4cc5ccccc5cc4c3c3ccccc23)nc1.c1cnc(-c2cc3c4ccccc4c4ccc5ccccc5c4c3c3ccccc23)nc1. The van der Waals surface area contributed by atoms with Gasteiger partial charge in [-0.15, -0.1) is 0 Å². The molecular weight excluding hydrogens is 1770 g/mol. The Morgan fingerprint density at radius 3 is 0.925 bits per heavy atom. The molecule has 4 heterocycles. The van der Waals surface area contributed by atoms with E-state index in [2.05, 4.69) is 502 Å². The smallest absolute Gasteiger partial charge is 0.159 e. The summed E-state index contributed by atoms with van der Waals surface area (Å²) in [6.45, 7) is 0. The zero-order valence-electron chi connectivity index (χ0n) is 79.2. The van der Waals surface area contributed by atoms with Gasteiger partial charge in [-0.3, -0.25) is 0 Å². The molecule has 31 aromatic rings. The molecule has 0 saturated heterocycles. The number of fused-ring (bicyclic) bond motifs is 37. The molecule has 6 nitrogen and oxygen atoms in total. The van der Waals surface area contributed by atoms with Crippen LogP contribution < -0.4 is 0 Å². The maximum Gasteiger partial charge on any atom is 0.159 e. The van der Waals surface area contributed by atoms with Crippen molar-refractivity contribution in [1.82, 2.24) is 29.1 Å². The van der Waals surface area contributed by atoms with Crippen LogP contribution in [0.25, 0.3) is 306 Å².